The van der Waals surface area contributed by atoms with Gasteiger partial charge in [-0.05, 0) is 36.2 Å². The Balaban J connectivity index is 2.36. The first kappa shape index (κ1) is 16.0. The van der Waals surface area contributed by atoms with Crippen molar-refractivity contribution in [2.45, 2.75) is 19.0 Å². The molecule has 0 fully saturated rings. The average Bonchev–Trinajstić information content (AvgIpc) is 2.45. The van der Waals surface area contributed by atoms with Crippen LogP contribution in [0.5, 0.6) is 0 Å². The Bertz CT molecular complexity index is 690. The van der Waals surface area contributed by atoms with Gasteiger partial charge in [-0.2, -0.15) is 13.2 Å². The van der Waals surface area contributed by atoms with Crippen LogP contribution in [0.1, 0.15) is 24.0 Å². The van der Waals surface area contributed by atoms with E-state index in [1.165, 1.54) is 31.2 Å². The molecule has 0 aromatic heterocycles. The van der Waals surface area contributed by atoms with Crippen LogP contribution >= 0.6 is 0 Å². The van der Waals surface area contributed by atoms with Gasteiger partial charge in [-0.3, -0.25) is 4.79 Å². The van der Waals surface area contributed by atoms with Gasteiger partial charge in [-0.15, -0.1) is 0 Å². The fraction of sp³-hybridized carbons (Fsp3) is 0.188. The minimum atomic E-state index is -4.45. The normalized spacial score (nSPS) is 13.0. The first-order valence-corrected chi connectivity index (χ1v) is 6.40. The largest absolute Gasteiger partial charge is 0.481 e. The molecule has 2 nitrogen and oxygen atoms in total. The van der Waals surface area contributed by atoms with Crippen LogP contribution < -0.4 is 0 Å². The van der Waals surface area contributed by atoms with E-state index in [2.05, 4.69) is 0 Å². The first-order chi connectivity index (χ1) is 10.2. The predicted octanol–water partition coefficient (Wildman–Crippen LogP) is 4.70. The second-order valence-corrected chi connectivity index (χ2v) is 4.87. The van der Waals surface area contributed by atoms with E-state index in [1.54, 1.807) is 0 Å². The maximum atomic E-state index is 14.1. The molecule has 0 spiro atoms. The molecule has 0 saturated carbocycles. The number of rotatable bonds is 3. The fourth-order valence-corrected chi connectivity index (χ4v) is 2.02. The van der Waals surface area contributed by atoms with Crippen molar-refractivity contribution in [1.82, 2.24) is 0 Å². The summed E-state index contributed by atoms with van der Waals surface area (Å²) in [6, 6.07) is 8.03. The third-order valence-electron chi connectivity index (χ3n) is 3.39. The Labute approximate surface area is 124 Å². The van der Waals surface area contributed by atoms with Crippen molar-refractivity contribution >= 4 is 5.97 Å². The molecule has 22 heavy (non-hydrogen) atoms. The van der Waals surface area contributed by atoms with E-state index in [-0.39, 0.29) is 5.56 Å². The van der Waals surface area contributed by atoms with E-state index in [9.17, 15) is 22.4 Å². The third kappa shape index (κ3) is 3.27. The summed E-state index contributed by atoms with van der Waals surface area (Å²) in [5, 5.41) is 8.89. The number of aliphatic carboxylic acids is 1. The molecule has 2 rings (SSSR count). The molecule has 0 bridgehead atoms. The van der Waals surface area contributed by atoms with Crippen molar-refractivity contribution in [3.63, 3.8) is 0 Å². The van der Waals surface area contributed by atoms with Crippen molar-refractivity contribution in [2.24, 2.45) is 0 Å². The maximum Gasteiger partial charge on any atom is 0.416 e. The minimum Gasteiger partial charge on any atom is -0.481 e. The van der Waals surface area contributed by atoms with Gasteiger partial charge in [-0.1, -0.05) is 24.3 Å². The first-order valence-electron chi connectivity index (χ1n) is 6.40. The number of hydrogen-bond donors (Lipinski definition) is 1. The smallest absolute Gasteiger partial charge is 0.416 e. The van der Waals surface area contributed by atoms with Gasteiger partial charge in [0.2, 0.25) is 0 Å². The van der Waals surface area contributed by atoms with Crippen LogP contribution in [0.3, 0.4) is 0 Å². The zero-order valence-electron chi connectivity index (χ0n) is 11.5. The number of carboxylic acid groups (broad SMARTS) is 1. The van der Waals surface area contributed by atoms with Gasteiger partial charge in [0.15, 0.2) is 0 Å². The number of carboxylic acids is 1. The van der Waals surface area contributed by atoms with Crippen molar-refractivity contribution in [3.8, 4) is 11.1 Å². The van der Waals surface area contributed by atoms with Crippen LogP contribution in [0.25, 0.3) is 11.1 Å². The number of hydrogen-bond acceptors (Lipinski definition) is 1. The summed E-state index contributed by atoms with van der Waals surface area (Å²) in [6.45, 7) is 1.43. The molecular formula is C16H12F4O2. The Kier molecular flexibility index (Phi) is 4.21. The summed E-state index contributed by atoms with van der Waals surface area (Å²) < 4.78 is 51.5. The topological polar surface area (TPSA) is 37.3 Å². The molecular weight excluding hydrogens is 300 g/mol. The lowest BCUT2D eigenvalue weighted by molar-refractivity contribution is -0.138. The van der Waals surface area contributed by atoms with E-state index in [1.807, 2.05) is 0 Å². The number of benzene rings is 2. The maximum absolute atomic E-state index is 14.1. The van der Waals surface area contributed by atoms with Gasteiger partial charge in [0.25, 0.3) is 0 Å². The fourth-order valence-electron chi connectivity index (χ4n) is 2.02. The summed E-state index contributed by atoms with van der Waals surface area (Å²) in [7, 11) is 0. The minimum absolute atomic E-state index is 0.120. The highest BCUT2D eigenvalue weighted by Gasteiger charge is 2.30. The Hall–Kier alpha value is -2.37. The lowest BCUT2D eigenvalue weighted by Crippen LogP contribution is -2.07. The van der Waals surface area contributed by atoms with Crippen molar-refractivity contribution in [1.29, 1.82) is 0 Å². The van der Waals surface area contributed by atoms with Gasteiger partial charge < -0.3 is 5.11 Å². The highest BCUT2D eigenvalue weighted by molar-refractivity contribution is 5.76. The second kappa shape index (κ2) is 5.79. The van der Waals surface area contributed by atoms with E-state index >= 15 is 0 Å². The van der Waals surface area contributed by atoms with Crippen LogP contribution in [0.2, 0.25) is 0 Å². The zero-order valence-corrected chi connectivity index (χ0v) is 11.5. The summed E-state index contributed by atoms with van der Waals surface area (Å²) in [6.07, 6.45) is -4.45. The van der Waals surface area contributed by atoms with Gasteiger partial charge in [0.05, 0.1) is 11.5 Å². The van der Waals surface area contributed by atoms with Gasteiger partial charge in [0.1, 0.15) is 5.82 Å². The highest BCUT2D eigenvalue weighted by atomic mass is 19.4. The Morgan fingerprint density at radius 1 is 1.09 bits per heavy atom. The summed E-state index contributed by atoms with van der Waals surface area (Å²) >= 11 is 0. The SMILES string of the molecule is C[C@@H](C(=O)O)c1ccc(-c2ccc(C(F)(F)F)cc2)c(F)c1. The lowest BCUT2D eigenvalue weighted by Gasteiger charge is -2.11. The van der Waals surface area contributed by atoms with Crippen molar-refractivity contribution in [3.05, 3.63) is 59.4 Å². The quantitative estimate of drug-likeness (QED) is 0.834. The van der Waals surface area contributed by atoms with E-state index in [4.69, 9.17) is 5.11 Å². The number of alkyl halides is 3. The highest BCUT2D eigenvalue weighted by Crippen LogP contribution is 2.32. The van der Waals surface area contributed by atoms with Gasteiger partial charge in [0, 0.05) is 5.56 Å². The summed E-state index contributed by atoms with van der Waals surface area (Å²) in [4.78, 5) is 10.9. The molecule has 116 valence electrons. The molecule has 0 amide bonds. The molecule has 0 saturated heterocycles. The second-order valence-electron chi connectivity index (χ2n) is 4.87. The van der Waals surface area contributed by atoms with Crippen LogP contribution in [0.4, 0.5) is 17.6 Å². The van der Waals surface area contributed by atoms with Crippen molar-refractivity contribution in [2.75, 3.05) is 0 Å². The van der Waals surface area contributed by atoms with Gasteiger partial charge >= 0.3 is 12.1 Å². The number of halogens is 4. The molecule has 0 aliphatic heterocycles. The number of carbonyl (C=O) groups is 1. The zero-order chi connectivity index (χ0) is 16.5. The molecule has 0 unspecified atom stereocenters. The average molecular weight is 312 g/mol. The van der Waals surface area contributed by atoms with E-state index in [0.717, 1.165) is 18.2 Å². The van der Waals surface area contributed by atoms with Crippen LogP contribution in [-0.4, -0.2) is 11.1 Å². The Morgan fingerprint density at radius 2 is 1.68 bits per heavy atom. The van der Waals surface area contributed by atoms with E-state index < -0.39 is 29.4 Å². The van der Waals surface area contributed by atoms with Crippen LogP contribution in [0.15, 0.2) is 42.5 Å². The molecule has 2 aromatic carbocycles. The predicted molar refractivity (Wildman–Crippen MR) is 72.9 cm³/mol. The molecule has 1 N–H and O–H groups in total. The lowest BCUT2D eigenvalue weighted by atomic mass is 9.96. The molecule has 1 atom stereocenters. The van der Waals surface area contributed by atoms with Gasteiger partial charge in [-0.25, -0.2) is 4.39 Å². The van der Waals surface area contributed by atoms with Crippen molar-refractivity contribution < 1.29 is 27.5 Å². The molecule has 0 aliphatic carbocycles. The monoisotopic (exact) mass is 312 g/mol. The van der Waals surface area contributed by atoms with Crippen LogP contribution in [-0.2, 0) is 11.0 Å². The summed E-state index contributed by atoms with van der Waals surface area (Å²) in [5.74, 6) is -2.62. The van der Waals surface area contributed by atoms with Crippen LogP contribution in [0, 0.1) is 5.82 Å². The van der Waals surface area contributed by atoms with E-state index in [0.29, 0.717) is 11.1 Å². The third-order valence-corrected chi connectivity index (χ3v) is 3.39. The molecule has 0 radical (unpaired) electrons. The molecule has 0 aliphatic rings. The Morgan fingerprint density at radius 3 is 2.14 bits per heavy atom. The standard InChI is InChI=1S/C16H12F4O2/c1-9(15(21)22)11-4-7-13(14(17)8-11)10-2-5-12(6-3-10)16(18,19)20/h2-9H,1H3,(H,21,22)/t9-/m1/s1. The molecule has 6 heteroatoms. The molecule has 0 heterocycles. The summed E-state index contributed by atoms with van der Waals surface area (Å²) in [5.41, 5.74) is -0.108. The molecule has 2 aromatic rings.